The fourth-order valence-electron chi connectivity index (χ4n) is 2.33. The molecule has 0 aliphatic heterocycles. The minimum Gasteiger partial charge on any atom is -0.339 e. The van der Waals surface area contributed by atoms with Gasteiger partial charge in [-0.2, -0.15) is 0 Å². The lowest BCUT2D eigenvalue weighted by molar-refractivity contribution is 0.0773. The number of fused-ring (bicyclic) bond motifs is 1. The summed E-state index contributed by atoms with van der Waals surface area (Å²) in [5, 5.41) is 0. The van der Waals surface area contributed by atoms with Crippen molar-refractivity contribution < 1.29 is 4.79 Å². The molecule has 0 unspecified atom stereocenters. The first-order valence-electron chi connectivity index (χ1n) is 6.84. The number of nitrogens with two attached hydrogens (primary N) is 1. The van der Waals surface area contributed by atoms with Crippen molar-refractivity contribution in [3.63, 3.8) is 0 Å². The summed E-state index contributed by atoms with van der Waals surface area (Å²) in [6.45, 7) is 6.02. The molecular formula is C14H20N4O2. The summed E-state index contributed by atoms with van der Waals surface area (Å²) in [6, 6.07) is 5.26. The monoisotopic (exact) mass is 276 g/mol. The topological polar surface area (TPSA) is 84.1 Å². The van der Waals surface area contributed by atoms with E-state index in [2.05, 4.69) is 4.98 Å². The molecule has 0 aliphatic carbocycles. The van der Waals surface area contributed by atoms with Gasteiger partial charge in [-0.3, -0.25) is 9.36 Å². The van der Waals surface area contributed by atoms with Gasteiger partial charge in [-0.1, -0.05) is 0 Å². The molecule has 1 amide bonds. The summed E-state index contributed by atoms with van der Waals surface area (Å²) in [7, 11) is 0. The molecule has 0 saturated heterocycles. The van der Waals surface area contributed by atoms with E-state index in [1.54, 1.807) is 27.7 Å². The first-order chi connectivity index (χ1) is 9.62. The first-order valence-corrected chi connectivity index (χ1v) is 6.84. The molecular weight excluding hydrogens is 256 g/mol. The van der Waals surface area contributed by atoms with Gasteiger partial charge in [0.25, 0.3) is 5.91 Å². The van der Waals surface area contributed by atoms with Crippen molar-refractivity contribution in [1.82, 2.24) is 14.5 Å². The summed E-state index contributed by atoms with van der Waals surface area (Å²) in [4.78, 5) is 28.7. The highest BCUT2D eigenvalue weighted by molar-refractivity contribution is 5.97. The number of carbonyl (C=O) groups is 1. The van der Waals surface area contributed by atoms with Crippen LogP contribution in [0.3, 0.4) is 0 Å². The van der Waals surface area contributed by atoms with Gasteiger partial charge in [0.1, 0.15) is 0 Å². The van der Waals surface area contributed by atoms with E-state index in [-0.39, 0.29) is 11.6 Å². The Balaban J connectivity index is 2.49. The van der Waals surface area contributed by atoms with Crippen molar-refractivity contribution in [1.29, 1.82) is 0 Å². The molecule has 20 heavy (non-hydrogen) atoms. The zero-order valence-corrected chi connectivity index (χ0v) is 11.8. The van der Waals surface area contributed by atoms with Crippen LogP contribution in [0, 0.1) is 0 Å². The van der Waals surface area contributed by atoms with Crippen molar-refractivity contribution in [2.24, 2.45) is 5.73 Å². The summed E-state index contributed by atoms with van der Waals surface area (Å²) >= 11 is 0. The van der Waals surface area contributed by atoms with E-state index in [1.165, 1.54) is 0 Å². The molecule has 2 rings (SSSR count). The average molecular weight is 276 g/mol. The lowest BCUT2D eigenvalue weighted by Gasteiger charge is -2.18. The fraction of sp³-hybridized carbons (Fsp3) is 0.429. The predicted molar refractivity (Wildman–Crippen MR) is 78.9 cm³/mol. The minimum atomic E-state index is -0.196. The molecule has 0 atom stereocenters. The SMILES string of the molecule is CCN(CC)C(=O)c1ccc2[nH]c(=O)n(CCN)c2c1. The van der Waals surface area contributed by atoms with Crippen molar-refractivity contribution in [2.75, 3.05) is 19.6 Å². The molecule has 1 aromatic heterocycles. The maximum absolute atomic E-state index is 12.3. The Labute approximate surface area is 117 Å². The molecule has 2 aromatic rings. The van der Waals surface area contributed by atoms with E-state index < -0.39 is 0 Å². The normalized spacial score (nSPS) is 10.9. The fourth-order valence-corrected chi connectivity index (χ4v) is 2.33. The Bertz CT molecular complexity index is 667. The third-order valence-corrected chi connectivity index (χ3v) is 3.43. The van der Waals surface area contributed by atoms with E-state index >= 15 is 0 Å². The number of rotatable bonds is 5. The minimum absolute atomic E-state index is 0.0233. The van der Waals surface area contributed by atoms with Gasteiger partial charge < -0.3 is 15.6 Å². The number of carbonyl (C=O) groups excluding carboxylic acids is 1. The highest BCUT2D eigenvalue weighted by Gasteiger charge is 2.14. The number of hydrogen-bond donors (Lipinski definition) is 2. The molecule has 0 fully saturated rings. The van der Waals surface area contributed by atoms with Gasteiger partial charge in [0.2, 0.25) is 0 Å². The van der Waals surface area contributed by atoms with Crippen molar-refractivity contribution in [3.05, 3.63) is 34.2 Å². The summed E-state index contributed by atoms with van der Waals surface area (Å²) < 4.78 is 1.56. The maximum atomic E-state index is 12.3. The number of nitrogens with zero attached hydrogens (tertiary/aromatic N) is 2. The average Bonchev–Trinajstić information content (AvgIpc) is 2.76. The number of imidazole rings is 1. The van der Waals surface area contributed by atoms with Crippen molar-refractivity contribution in [2.45, 2.75) is 20.4 Å². The molecule has 0 aliphatic rings. The molecule has 3 N–H and O–H groups in total. The highest BCUT2D eigenvalue weighted by Crippen LogP contribution is 2.14. The number of aromatic nitrogens is 2. The van der Waals surface area contributed by atoms with Crippen LogP contribution in [0.4, 0.5) is 0 Å². The smallest absolute Gasteiger partial charge is 0.326 e. The predicted octanol–water partition coefficient (Wildman–Crippen LogP) is 0.770. The Morgan fingerprint density at radius 1 is 1.35 bits per heavy atom. The van der Waals surface area contributed by atoms with Crippen LogP contribution in [0.1, 0.15) is 24.2 Å². The molecule has 0 bridgehead atoms. The summed E-state index contributed by atoms with van der Waals surface area (Å²) in [5.74, 6) is -0.0233. The van der Waals surface area contributed by atoms with Gasteiger partial charge in [0.15, 0.2) is 0 Å². The van der Waals surface area contributed by atoms with Gasteiger partial charge in [-0.05, 0) is 32.0 Å². The van der Waals surface area contributed by atoms with E-state index in [9.17, 15) is 9.59 Å². The van der Waals surface area contributed by atoms with Crippen LogP contribution in [0.15, 0.2) is 23.0 Å². The molecule has 108 valence electrons. The van der Waals surface area contributed by atoms with Crippen molar-refractivity contribution in [3.8, 4) is 0 Å². The largest absolute Gasteiger partial charge is 0.339 e. The van der Waals surface area contributed by atoms with Crippen LogP contribution in [0.2, 0.25) is 0 Å². The number of amides is 1. The van der Waals surface area contributed by atoms with Gasteiger partial charge in [-0.15, -0.1) is 0 Å². The van der Waals surface area contributed by atoms with Gasteiger partial charge >= 0.3 is 5.69 Å². The molecule has 1 heterocycles. The van der Waals surface area contributed by atoms with E-state index in [1.807, 2.05) is 13.8 Å². The second kappa shape index (κ2) is 5.92. The van der Waals surface area contributed by atoms with E-state index in [0.717, 1.165) is 11.0 Å². The van der Waals surface area contributed by atoms with Crippen LogP contribution in [-0.4, -0.2) is 40.0 Å². The lowest BCUT2D eigenvalue weighted by Crippen LogP contribution is -2.30. The Morgan fingerprint density at radius 2 is 2.05 bits per heavy atom. The van der Waals surface area contributed by atoms with Crippen molar-refractivity contribution >= 4 is 16.9 Å². The zero-order valence-electron chi connectivity index (χ0n) is 11.8. The van der Waals surface area contributed by atoms with Crippen LogP contribution in [-0.2, 0) is 6.54 Å². The number of benzene rings is 1. The lowest BCUT2D eigenvalue weighted by atomic mass is 10.1. The molecule has 1 aromatic carbocycles. The Kier molecular flexibility index (Phi) is 4.24. The van der Waals surface area contributed by atoms with Gasteiger partial charge in [0, 0.05) is 31.7 Å². The van der Waals surface area contributed by atoms with E-state index in [4.69, 9.17) is 5.73 Å². The van der Waals surface area contributed by atoms with Gasteiger partial charge in [0.05, 0.1) is 11.0 Å². The Hall–Kier alpha value is -2.08. The summed E-state index contributed by atoms with van der Waals surface area (Å²) in [5.41, 5.74) is 7.36. The highest BCUT2D eigenvalue weighted by atomic mass is 16.2. The number of hydrogen-bond acceptors (Lipinski definition) is 3. The zero-order chi connectivity index (χ0) is 14.7. The molecule has 0 saturated carbocycles. The maximum Gasteiger partial charge on any atom is 0.326 e. The van der Waals surface area contributed by atoms with E-state index in [0.29, 0.717) is 31.7 Å². The molecule has 6 nitrogen and oxygen atoms in total. The Morgan fingerprint density at radius 3 is 2.65 bits per heavy atom. The number of nitrogens with one attached hydrogen (secondary N) is 1. The third kappa shape index (κ3) is 2.46. The standard InChI is InChI=1S/C14H20N4O2/c1-3-17(4-2)13(19)10-5-6-11-12(9-10)18(8-7-15)14(20)16-11/h5-6,9H,3-4,7-8,15H2,1-2H3,(H,16,20). The second-order valence-electron chi connectivity index (χ2n) is 4.58. The van der Waals surface area contributed by atoms with Crippen LogP contribution < -0.4 is 11.4 Å². The summed E-state index contributed by atoms with van der Waals surface area (Å²) in [6.07, 6.45) is 0. The number of aromatic amines is 1. The quantitative estimate of drug-likeness (QED) is 0.846. The molecule has 0 spiro atoms. The molecule has 0 radical (unpaired) electrons. The van der Waals surface area contributed by atoms with Crippen LogP contribution in [0.5, 0.6) is 0 Å². The number of H-pyrrole nitrogens is 1. The van der Waals surface area contributed by atoms with Crippen LogP contribution in [0.25, 0.3) is 11.0 Å². The second-order valence-corrected chi connectivity index (χ2v) is 4.58. The van der Waals surface area contributed by atoms with Gasteiger partial charge in [-0.25, -0.2) is 4.79 Å². The molecule has 6 heteroatoms. The van der Waals surface area contributed by atoms with Crippen LogP contribution >= 0.6 is 0 Å². The first kappa shape index (κ1) is 14.3. The third-order valence-electron chi connectivity index (χ3n) is 3.43.